The van der Waals surface area contributed by atoms with Crippen molar-refractivity contribution in [3.05, 3.63) is 46.4 Å². The van der Waals surface area contributed by atoms with Crippen LogP contribution in [0.3, 0.4) is 0 Å². The molecule has 1 atom stereocenters. The Morgan fingerprint density at radius 2 is 2.12 bits per heavy atom. The Labute approximate surface area is 104 Å². The second-order valence-electron chi connectivity index (χ2n) is 3.56. The zero-order valence-corrected chi connectivity index (χ0v) is 10.7. The van der Waals surface area contributed by atoms with E-state index in [0.717, 1.165) is 16.5 Å². The molecule has 2 N–H and O–H groups in total. The van der Waals surface area contributed by atoms with Crippen molar-refractivity contribution in [3.63, 3.8) is 0 Å². The first-order valence-corrected chi connectivity index (χ1v) is 7.00. The van der Waals surface area contributed by atoms with Gasteiger partial charge < -0.3 is 5.73 Å². The number of hydrogen-bond donors (Lipinski definition) is 1. The van der Waals surface area contributed by atoms with Gasteiger partial charge in [-0.2, -0.15) is 0 Å². The van der Waals surface area contributed by atoms with Gasteiger partial charge in [-0.15, -0.1) is 23.1 Å². The molecule has 0 radical (unpaired) electrons. The molecule has 0 fully saturated rings. The Morgan fingerprint density at radius 1 is 1.38 bits per heavy atom. The summed E-state index contributed by atoms with van der Waals surface area (Å²) in [5, 5.41) is 3.19. The van der Waals surface area contributed by atoms with Crippen molar-refractivity contribution in [3.8, 4) is 0 Å². The van der Waals surface area contributed by atoms with E-state index in [9.17, 15) is 0 Å². The number of benzene rings is 1. The average Bonchev–Trinajstić information content (AvgIpc) is 2.76. The van der Waals surface area contributed by atoms with Crippen LogP contribution in [-0.2, 0) is 5.75 Å². The molecule has 0 aliphatic rings. The standard InChI is InChI=1S/C12H14N2S2/c1-9(13)11-7-16-12(14-11)8-15-10-5-3-2-4-6-10/h2-7,9H,8,13H2,1H3. The Morgan fingerprint density at radius 3 is 2.75 bits per heavy atom. The zero-order valence-electron chi connectivity index (χ0n) is 9.09. The Kier molecular flexibility index (Phi) is 3.98. The van der Waals surface area contributed by atoms with Crippen molar-refractivity contribution in [1.82, 2.24) is 4.98 Å². The lowest BCUT2D eigenvalue weighted by Gasteiger charge is -1.99. The molecule has 84 valence electrons. The van der Waals surface area contributed by atoms with Gasteiger partial charge in [0.15, 0.2) is 0 Å². The van der Waals surface area contributed by atoms with Crippen LogP contribution in [0.25, 0.3) is 0 Å². The highest BCUT2D eigenvalue weighted by molar-refractivity contribution is 7.98. The molecule has 16 heavy (non-hydrogen) atoms. The van der Waals surface area contributed by atoms with Gasteiger partial charge in [-0.3, -0.25) is 0 Å². The molecule has 0 aliphatic carbocycles. The van der Waals surface area contributed by atoms with E-state index in [1.807, 2.05) is 18.4 Å². The highest BCUT2D eigenvalue weighted by Crippen LogP contribution is 2.25. The number of nitrogens with zero attached hydrogens (tertiary/aromatic N) is 1. The number of thioether (sulfide) groups is 1. The first-order valence-electron chi connectivity index (χ1n) is 5.13. The largest absolute Gasteiger partial charge is 0.323 e. The molecule has 0 saturated heterocycles. The molecule has 4 heteroatoms. The fraction of sp³-hybridized carbons (Fsp3) is 0.250. The van der Waals surface area contributed by atoms with Crippen LogP contribution in [0.1, 0.15) is 23.7 Å². The first kappa shape index (κ1) is 11.6. The summed E-state index contributed by atoms with van der Waals surface area (Å²) in [6.45, 7) is 1.96. The maximum Gasteiger partial charge on any atom is 0.103 e. The third kappa shape index (κ3) is 3.07. The van der Waals surface area contributed by atoms with Crippen molar-refractivity contribution in [2.24, 2.45) is 5.73 Å². The average molecular weight is 250 g/mol. The Balaban J connectivity index is 1.95. The fourth-order valence-corrected chi connectivity index (χ4v) is 3.10. The van der Waals surface area contributed by atoms with Crippen molar-refractivity contribution in [2.45, 2.75) is 23.6 Å². The van der Waals surface area contributed by atoms with Crippen molar-refractivity contribution < 1.29 is 0 Å². The summed E-state index contributed by atoms with van der Waals surface area (Å²) in [4.78, 5) is 5.78. The molecule has 0 spiro atoms. The number of rotatable bonds is 4. The van der Waals surface area contributed by atoms with Gasteiger partial charge in [0.1, 0.15) is 5.01 Å². The molecular formula is C12H14N2S2. The molecule has 2 nitrogen and oxygen atoms in total. The van der Waals surface area contributed by atoms with E-state index in [1.165, 1.54) is 4.90 Å². The summed E-state index contributed by atoms with van der Waals surface area (Å²) in [5.41, 5.74) is 6.77. The van der Waals surface area contributed by atoms with Crippen LogP contribution in [0.4, 0.5) is 0 Å². The van der Waals surface area contributed by atoms with Crippen LogP contribution >= 0.6 is 23.1 Å². The maximum absolute atomic E-state index is 5.77. The van der Waals surface area contributed by atoms with Gasteiger partial charge in [0.2, 0.25) is 0 Å². The van der Waals surface area contributed by atoms with Crippen LogP contribution in [0.15, 0.2) is 40.6 Å². The van der Waals surface area contributed by atoms with Crippen molar-refractivity contribution in [1.29, 1.82) is 0 Å². The Hall–Kier alpha value is -0.840. The molecule has 0 aliphatic heterocycles. The molecular weight excluding hydrogens is 236 g/mol. The van der Waals surface area contributed by atoms with Crippen LogP contribution in [-0.4, -0.2) is 4.98 Å². The molecule has 1 aromatic carbocycles. The predicted octanol–water partition coefficient (Wildman–Crippen LogP) is 3.46. The molecule has 2 rings (SSSR count). The predicted molar refractivity (Wildman–Crippen MR) is 70.7 cm³/mol. The number of nitrogens with two attached hydrogens (primary N) is 1. The summed E-state index contributed by atoms with van der Waals surface area (Å²) in [6.07, 6.45) is 0. The highest BCUT2D eigenvalue weighted by atomic mass is 32.2. The zero-order chi connectivity index (χ0) is 11.4. The van der Waals surface area contributed by atoms with E-state index < -0.39 is 0 Å². The third-order valence-corrected chi connectivity index (χ3v) is 4.21. The normalized spacial score (nSPS) is 12.6. The van der Waals surface area contributed by atoms with E-state index in [0.29, 0.717) is 0 Å². The first-order chi connectivity index (χ1) is 7.75. The fourth-order valence-electron chi connectivity index (χ4n) is 1.26. The second kappa shape index (κ2) is 5.48. The lowest BCUT2D eigenvalue weighted by Crippen LogP contribution is -2.05. The molecule has 0 bridgehead atoms. The lowest BCUT2D eigenvalue weighted by atomic mass is 10.3. The maximum atomic E-state index is 5.77. The van der Waals surface area contributed by atoms with E-state index in [-0.39, 0.29) is 6.04 Å². The molecule has 2 aromatic rings. The van der Waals surface area contributed by atoms with Gasteiger partial charge >= 0.3 is 0 Å². The summed E-state index contributed by atoms with van der Waals surface area (Å²) in [7, 11) is 0. The molecule has 1 aromatic heterocycles. The summed E-state index contributed by atoms with van der Waals surface area (Å²) < 4.78 is 0. The van der Waals surface area contributed by atoms with Gasteiger partial charge in [0.05, 0.1) is 11.4 Å². The third-order valence-electron chi connectivity index (χ3n) is 2.14. The van der Waals surface area contributed by atoms with Gasteiger partial charge in [-0.05, 0) is 19.1 Å². The van der Waals surface area contributed by atoms with Crippen molar-refractivity contribution >= 4 is 23.1 Å². The lowest BCUT2D eigenvalue weighted by molar-refractivity contribution is 0.785. The van der Waals surface area contributed by atoms with Gasteiger partial charge in [-0.25, -0.2) is 4.98 Å². The van der Waals surface area contributed by atoms with Crippen LogP contribution < -0.4 is 5.73 Å². The second-order valence-corrected chi connectivity index (χ2v) is 5.55. The van der Waals surface area contributed by atoms with E-state index in [1.54, 1.807) is 23.1 Å². The van der Waals surface area contributed by atoms with E-state index >= 15 is 0 Å². The summed E-state index contributed by atoms with van der Waals surface area (Å²) >= 11 is 3.49. The van der Waals surface area contributed by atoms with E-state index in [4.69, 9.17) is 5.73 Å². The van der Waals surface area contributed by atoms with Crippen molar-refractivity contribution in [2.75, 3.05) is 0 Å². The minimum absolute atomic E-state index is 0.0340. The van der Waals surface area contributed by atoms with Gasteiger partial charge in [-0.1, -0.05) is 18.2 Å². The minimum atomic E-state index is 0.0340. The topological polar surface area (TPSA) is 38.9 Å². The summed E-state index contributed by atoms with van der Waals surface area (Å²) in [5.74, 6) is 0.918. The molecule has 0 saturated carbocycles. The summed E-state index contributed by atoms with van der Waals surface area (Å²) in [6, 6.07) is 10.4. The Bertz CT molecular complexity index is 437. The minimum Gasteiger partial charge on any atom is -0.323 e. The number of aromatic nitrogens is 1. The van der Waals surface area contributed by atoms with Gasteiger partial charge in [0, 0.05) is 16.3 Å². The number of hydrogen-bond acceptors (Lipinski definition) is 4. The number of thiazole rings is 1. The van der Waals surface area contributed by atoms with Crippen LogP contribution in [0.2, 0.25) is 0 Å². The smallest absolute Gasteiger partial charge is 0.103 e. The molecule has 0 amide bonds. The SMILES string of the molecule is CC(N)c1csc(CSc2ccccc2)n1. The molecule has 1 heterocycles. The quantitative estimate of drug-likeness (QED) is 0.845. The van der Waals surface area contributed by atoms with Gasteiger partial charge in [0.25, 0.3) is 0 Å². The van der Waals surface area contributed by atoms with E-state index in [2.05, 4.69) is 29.2 Å². The molecule has 1 unspecified atom stereocenters. The monoisotopic (exact) mass is 250 g/mol. The highest BCUT2D eigenvalue weighted by Gasteiger charge is 2.05. The van der Waals surface area contributed by atoms with Crippen LogP contribution in [0, 0.1) is 0 Å². The van der Waals surface area contributed by atoms with Crippen LogP contribution in [0.5, 0.6) is 0 Å².